The molecule has 0 amide bonds. The molecule has 0 bridgehead atoms. The Labute approximate surface area is 134 Å². The maximum Gasteiger partial charge on any atom is 0.168 e. The number of rotatable bonds is 3. The van der Waals surface area contributed by atoms with Gasteiger partial charge in [0.25, 0.3) is 0 Å². The molecule has 0 unspecified atom stereocenters. The molecule has 4 rings (SSSR count). The van der Waals surface area contributed by atoms with E-state index in [9.17, 15) is 0 Å². The molecule has 110 valence electrons. The minimum Gasteiger partial charge on any atom is -0.325 e. The predicted octanol–water partition coefficient (Wildman–Crippen LogP) is 3.78. The van der Waals surface area contributed by atoms with Crippen LogP contribution in [0, 0.1) is 0 Å². The summed E-state index contributed by atoms with van der Waals surface area (Å²) in [6.07, 6.45) is 0. The molecule has 1 aromatic heterocycles. The topological polar surface area (TPSA) is 43.8 Å². The largest absolute Gasteiger partial charge is 0.325 e. The molecule has 3 aromatic rings. The van der Waals surface area contributed by atoms with Crippen LogP contribution in [0.2, 0.25) is 0 Å². The van der Waals surface area contributed by atoms with Crippen LogP contribution < -0.4 is 5.73 Å². The number of thioether (sulfide) groups is 1. The molecular formula is C18H17N3S. The van der Waals surface area contributed by atoms with Gasteiger partial charge in [-0.15, -0.1) is 0 Å². The number of nitrogens with zero attached hydrogens (tertiary/aromatic N) is 2. The standard InChI is InChI=1S/C18H17N3S/c19-12-16-17(20-18-21(16)10-11-22-18)15-8-6-14(7-9-15)13-4-2-1-3-5-13/h1-9H,10-12,19H2. The molecule has 0 fully saturated rings. The number of aromatic nitrogens is 2. The van der Waals surface area contributed by atoms with E-state index in [2.05, 4.69) is 53.1 Å². The molecule has 0 radical (unpaired) electrons. The van der Waals surface area contributed by atoms with Gasteiger partial charge in [0.05, 0.1) is 11.4 Å². The summed E-state index contributed by atoms with van der Waals surface area (Å²) >= 11 is 1.81. The summed E-state index contributed by atoms with van der Waals surface area (Å²) in [5.41, 5.74) is 11.7. The number of fused-ring (bicyclic) bond motifs is 1. The predicted molar refractivity (Wildman–Crippen MR) is 91.7 cm³/mol. The number of imidazole rings is 1. The Morgan fingerprint density at radius 1 is 0.955 bits per heavy atom. The Morgan fingerprint density at radius 2 is 1.64 bits per heavy atom. The van der Waals surface area contributed by atoms with Gasteiger partial charge < -0.3 is 10.3 Å². The lowest BCUT2D eigenvalue weighted by molar-refractivity contribution is 0.678. The average Bonchev–Trinajstić information content (AvgIpc) is 3.16. The zero-order valence-corrected chi connectivity index (χ0v) is 13.0. The summed E-state index contributed by atoms with van der Waals surface area (Å²) in [6, 6.07) is 19.0. The van der Waals surface area contributed by atoms with E-state index in [1.54, 1.807) is 0 Å². The van der Waals surface area contributed by atoms with Gasteiger partial charge in [0, 0.05) is 24.4 Å². The van der Waals surface area contributed by atoms with Crippen molar-refractivity contribution in [1.82, 2.24) is 9.55 Å². The van der Waals surface area contributed by atoms with E-state index >= 15 is 0 Å². The second-order valence-electron chi connectivity index (χ2n) is 5.34. The van der Waals surface area contributed by atoms with Crippen molar-refractivity contribution in [1.29, 1.82) is 0 Å². The molecular weight excluding hydrogens is 290 g/mol. The van der Waals surface area contributed by atoms with E-state index in [-0.39, 0.29) is 0 Å². The molecule has 2 aromatic carbocycles. The summed E-state index contributed by atoms with van der Waals surface area (Å²) in [7, 11) is 0. The first kappa shape index (κ1) is 13.6. The number of hydrogen-bond donors (Lipinski definition) is 1. The molecule has 0 aliphatic carbocycles. The number of nitrogens with two attached hydrogens (primary N) is 1. The van der Waals surface area contributed by atoms with Crippen molar-refractivity contribution in [2.75, 3.05) is 5.75 Å². The van der Waals surface area contributed by atoms with Crippen molar-refractivity contribution in [2.24, 2.45) is 5.73 Å². The zero-order chi connectivity index (χ0) is 14.9. The normalized spacial score (nSPS) is 13.3. The first-order chi connectivity index (χ1) is 10.9. The molecule has 0 atom stereocenters. The van der Waals surface area contributed by atoms with Crippen LogP contribution >= 0.6 is 11.8 Å². The number of benzene rings is 2. The molecule has 22 heavy (non-hydrogen) atoms. The van der Waals surface area contributed by atoms with Crippen molar-refractivity contribution in [3.63, 3.8) is 0 Å². The Bertz CT molecular complexity index is 791. The van der Waals surface area contributed by atoms with Crippen LogP contribution in [0.15, 0.2) is 59.8 Å². The molecule has 0 saturated carbocycles. The Balaban J connectivity index is 1.73. The third kappa shape index (κ3) is 2.25. The third-order valence-corrected chi connectivity index (χ3v) is 5.00. The maximum absolute atomic E-state index is 5.96. The lowest BCUT2D eigenvalue weighted by atomic mass is 10.0. The summed E-state index contributed by atoms with van der Waals surface area (Å²) in [4.78, 5) is 4.78. The fraction of sp³-hybridized carbons (Fsp3) is 0.167. The lowest BCUT2D eigenvalue weighted by Crippen LogP contribution is -2.07. The van der Waals surface area contributed by atoms with Crippen LogP contribution in [0.25, 0.3) is 22.4 Å². The minimum atomic E-state index is 0.531. The van der Waals surface area contributed by atoms with E-state index in [0.29, 0.717) is 6.54 Å². The van der Waals surface area contributed by atoms with Crippen LogP contribution in [0.1, 0.15) is 5.69 Å². The van der Waals surface area contributed by atoms with Gasteiger partial charge in [-0.3, -0.25) is 0 Å². The van der Waals surface area contributed by atoms with Gasteiger partial charge in [0.2, 0.25) is 0 Å². The van der Waals surface area contributed by atoms with Gasteiger partial charge in [-0.05, 0) is 11.1 Å². The maximum atomic E-state index is 5.96. The summed E-state index contributed by atoms with van der Waals surface area (Å²) in [6.45, 7) is 1.55. The molecule has 2 heterocycles. The van der Waals surface area contributed by atoms with Crippen LogP contribution in [0.3, 0.4) is 0 Å². The van der Waals surface area contributed by atoms with Gasteiger partial charge >= 0.3 is 0 Å². The second kappa shape index (κ2) is 5.63. The van der Waals surface area contributed by atoms with E-state index in [0.717, 1.165) is 34.4 Å². The quantitative estimate of drug-likeness (QED) is 0.801. The highest BCUT2D eigenvalue weighted by atomic mass is 32.2. The fourth-order valence-electron chi connectivity index (χ4n) is 2.92. The van der Waals surface area contributed by atoms with Gasteiger partial charge in [-0.25, -0.2) is 4.98 Å². The van der Waals surface area contributed by atoms with E-state index < -0.39 is 0 Å². The summed E-state index contributed by atoms with van der Waals surface area (Å²) in [5, 5.41) is 1.10. The van der Waals surface area contributed by atoms with Crippen LogP contribution in [0.4, 0.5) is 0 Å². The molecule has 3 nitrogen and oxygen atoms in total. The van der Waals surface area contributed by atoms with E-state index in [1.165, 1.54) is 11.1 Å². The van der Waals surface area contributed by atoms with Crippen LogP contribution in [-0.4, -0.2) is 15.3 Å². The van der Waals surface area contributed by atoms with Gasteiger partial charge in [0.1, 0.15) is 0 Å². The monoisotopic (exact) mass is 307 g/mol. The van der Waals surface area contributed by atoms with Crippen molar-refractivity contribution in [3.8, 4) is 22.4 Å². The average molecular weight is 307 g/mol. The number of hydrogen-bond acceptors (Lipinski definition) is 3. The van der Waals surface area contributed by atoms with Crippen molar-refractivity contribution in [3.05, 3.63) is 60.3 Å². The molecule has 2 N–H and O–H groups in total. The molecule has 1 aliphatic rings. The molecule has 0 saturated heterocycles. The van der Waals surface area contributed by atoms with Crippen molar-refractivity contribution < 1.29 is 0 Å². The molecule has 1 aliphatic heterocycles. The third-order valence-electron chi connectivity index (χ3n) is 4.04. The van der Waals surface area contributed by atoms with Crippen LogP contribution in [-0.2, 0) is 13.1 Å². The SMILES string of the molecule is NCc1c(-c2ccc(-c3ccccc3)cc2)nc2n1CCS2. The highest BCUT2D eigenvalue weighted by Crippen LogP contribution is 2.33. The molecule has 4 heteroatoms. The van der Waals surface area contributed by atoms with E-state index in [1.807, 2.05) is 17.8 Å². The van der Waals surface area contributed by atoms with Crippen LogP contribution in [0.5, 0.6) is 0 Å². The highest BCUT2D eigenvalue weighted by Gasteiger charge is 2.21. The Hall–Kier alpha value is -2.04. The fourth-order valence-corrected chi connectivity index (χ4v) is 3.89. The van der Waals surface area contributed by atoms with Gasteiger partial charge in [-0.1, -0.05) is 66.4 Å². The Kier molecular flexibility index (Phi) is 3.48. The smallest absolute Gasteiger partial charge is 0.168 e. The van der Waals surface area contributed by atoms with Gasteiger partial charge in [0.15, 0.2) is 5.16 Å². The minimum absolute atomic E-state index is 0.531. The van der Waals surface area contributed by atoms with Crippen molar-refractivity contribution >= 4 is 11.8 Å². The van der Waals surface area contributed by atoms with Gasteiger partial charge in [-0.2, -0.15) is 0 Å². The van der Waals surface area contributed by atoms with E-state index in [4.69, 9.17) is 10.7 Å². The first-order valence-corrected chi connectivity index (χ1v) is 8.43. The Morgan fingerprint density at radius 3 is 2.36 bits per heavy atom. The lowest BCUT2D eigenvalue weighted by Gasteiger charge is -2.06. The molecule has 0 spiro atoms. The second-order valence-corrected chi connectivity index (χ2v) is 6.40. The first-order valence-electron chi connectivity index (χ1n) is 7.45. The summed E-state index contributed by atoms with van der Waals surface area (Å²) in [5.74, 6) is 1.10. The summed E-state index contributed by atoms with van der Waals surface area (Å²) < 4.78 is 2.26. The highest BCUT2D eigenvalue weighted by molar-refractivity contribution is 7.99. The zero-order valence-electron chi connectivity index (χ0n) is 12.2. The van der Waals surface area contributed by atoms with Crippen molar-refractivity contribution in [2.45, 2.75) is 18.2 Å².